The van der Waals surface area contributed by atoms with Crippen LogP contribution in [0.3, 0.4) is 0 Å². The summed E-state index contributed by atoms with van der Waals surface area (Å²) in [6.07, 6.45) is 1.49. The van der Waals surface area contributed by atoms with Gasteiger partial charge in [-0.3, -0.25) is 14.5 Å². The van der Waals surface area contributed by atoms with Crippen molar-refractivity contribution in [3.05, 3.63) is 86.3 Å². The van der Waals surface area contributed by atoms with E-state index in [1.54, 1.807) is 47.4 Å². The van der Waals surface area contributed by atoms with Crippen LogP contribution in [0.25, 0.3) is 0 Å². The highest BCUT2D eigenvalue weighted by atomic mass is 35.5. The van der Waals surface area contributed by atoms with Crippen molar-refractivity contribution in [2.24, 2.45) is 5.73 Å². The lowest BCUT2D eigenvalue weighted by molar-refractivity contribution is -0.116. The van der Waals surface area contributed by atoms with Gasteiger partial charge in [-0.2, -0.15) is 5.26 Å². The van der Waals surface area contributed by atoms with E-state index in [0.29, 0.717) is 66.9 Å². The zero-order valence-electron chi connectivity index (χ0n) is 22.0. The van der Waals surface area contributed by atoms with E-state index in [0.717, 1.165) is 11.8 Å². The lowest BCUT2D eigenvalue weighted by Gasteiger charge is -2.38. The molecule has 0 saturated heterocycles. The van der Waals surface area contributed by atoms with Crippen LogP contribution in [-0.4, -0.2) is 40.7 Å². The molecule has 3 aromatic rings. The first-order valence-corrected chi connectivity index (χ1v) is 15.1. The summed E-state index contributed by atoms with van der Waals surface area (Å²) < 4.78 is 5.27. The van der Waals surface area contributed by atoms with Crippen LogP contribution in [0.5, 0.6) is 0 Å². The third-order valence-corrected chi connectivity index (χ3v) is 9.39. The number of nitrogens with two attached hydrogens (primary N) is 1. The van der Waals surface area contributed by atoms with Crippen molar-refractivity contribution in [1.29, 1.82) is 5.26 Å². The first-order chi connectivity index (χ1) is 20.2. The summed E-state index contributed by atoms with van der Waals surface area (Å²) in [5.41, 5.74) is 9.25. The molecule has 2 aliphatic rings. The first kappa shape index (κ1) is 29.6. The molecule has 14 heteroatoms. The molecule has 1 unspecified atom stereocenters. The number of para-hydroxylation sites is 1. The number of ether oxygens (including phenoxy) is 1. The topological polar surface area (TPSA) is 151 Å². The van der Waals surface area contributed by atoms with E-state index in [4.69, 9.17) is 33.7 Å². The molecule has 1 atom stereocenters. The molecule has 1 aliphatic carbocycles. The number of rotatable bonds is 7. The van der Waals surface area contributed by atoms with E-state index in [-0.39, 0.29) is 28.8 Å². The second-order valence-corrected chi connectivity index (χ2v) is 12.2. The Morgan fingerprint density at radius 2 is 1.90 bits per heavy atom. The molecule has 5 rings (SSSR count). The number of methoxy groups -OCH3 is 1. The zero-order valence-corrected chi connectivity index (χ0v) is 25.2. The highest BCUT2D eigenvalue weighted by Crippen LogP contribution is 2.47. The zero-order chi connectivity index (χ0) is 30.0. The standard InChI is InChI=1S/C28H22Cl2N6O4S2/c1-40-26(39)15-10-8-14(9-11-15)22-16(12-31)25(32)36(19-6-3-7-20(37)23(19)22)27-34-35-28(42-27)41-13-21(38)33-24-17(29)4-2-5-18(24)30/h2,4-5,8-11,22H,3,6-7,13,32H2,1H3,(H,33,38). The molecule has 0 fully saturated rings. The lowest BCUT2D eigenvalue weighted by Crippen LogP contribution is -2.38. The fourth-order valence-corrected chi connectivity index (χ4v) is 7.01. The van der Waals surface area contributed by atoms with E-state index in [1.165, 1.54) is 18.4 Å². The van der Waals surface area contributed by atoms with Crippen LogP contribution >= 0.6 is 46.3 Å². The van der Waals surface area contributed by atoms with Crippen LogP contribution in [0, 0.1) is 11.3 Å². The minimum absolute atomic E-state index is 0.0149. The van der Waals surface area contributed by atoms with Gasteiger partial charge in [-0.25, -0.2) is 4.79 Å². The maximum Gasteiger partial charge on any atom is 0.337 e. The molecule has 1 aliphatic heterocycles. The maximum absolute atomic E-state index is 13.3. The van der Waals surface area contributed by atoms with Gasteiger partial charge in [0.25, 0.3) is 0 Å². The number of thioether (sulfide) groups is 1. The molecule has 3 N–H and O–H groups in total. The number of allylic oxidation sites excluding steroid dienone is 3. The van der Waals surface area contributed by atoms with Gasteiger partial charge in [0.15, 0.2) is 10.1 Å². The number of aromatic nitrogens is 2. The van der Waals surface area contributed by atoms with Gasteiger partial charge in [0.1, 0.15) is 5.82 Å². The Balaban J connectivity index is 1.42. The number of amides is 1. The number of ketones is 1. The highest BCUT2D eigenvalue weighted by Gasteiger charge is 2.41. The Kier molecular flexibility index (Phi) is 8.84. The number of nitrogens with zero attached hydrogens (tertiary/aromatic N) is 4. The number of halogens is 2. The van der Waals surface area contributed by atoms with E-state index in [1.807, 2.05) is 0 Å². The number of nitriles is 1. The summed E-state index contributed by atoms with van der Waals surface area (Å²) in [6, 6.07) is 13.7. The number of hydrogen-bond acceptors (Lipinski definition) is 11. The van der Waals surface area contributed by atoms with Crippen molar-refractivity contribution in [3.8, 4) is 6.07 Å². The van der Waals surface area contributed by atoms with Gasteiger partial charge < -0.3 is 15.8 Å². The molecule has 214 valence electrons. The molecular formula is C28H22Cl2N6O4S2. The SMILES string of the molecule is COC(=O)c1ccc(C2C(C#N)=C(N)N(c3nnc(SCC(=O)Nc4c(Cl)cccc4Cl)s3)C3=C2C(=O)CCC3)cc1. The Hall–Kier alpha value is -3.89. The third-order valence-electron chi connectivity index (χ3n) is 6.72. The second-order valence-electron chi connectivity index (χ2n) is 9.21. The van der Waals surface area contributed by atoms with E-state index in [9.17, 15) is 19.6 Å². The Morgan fingerprint density at radius 1 is 1.19 bits per heavy atom. The number of hydrogen-bond donors (Lipinski definition) is 2. The number of nitrogens with one attached hydrogen (secondary N) is 1. The number of benzene rings is 2. The maximum atomic E-state index is 13.3. The van der Waals surface area contributed by atoms with Crippen LogP contribution in [0.2, 0.25) is 10.0 Å². The van der Waals surface area contributed by atoms with Crippen molar-refractivity contribution in [2.75, 3.05) is 23.1 Å². The summed E-state index contributed by atoms with van der Waals surface area (Å²) in [5, 5.41) is 22.4. The molecule has 42 heavy (non-hydrogen) atoms. The minimum Gasteiger partial charge on any atom is -0.465 e. The predicted molar refractivity (Wildman–Crippen MR) is 161 cm³/mol. The van der Waals surface area contributed by atoms with Crippen molar-refractivity contribution in [1.82, 2.24) is 10.2 Å². The van der Waals surface area contributed by atoms with Gasteiger partial charge >= 0.3 is 5.97 Å². The molecule has 1 amide bonds. The Bertz CT molecular complexity index is 1680. The average Bonchev–Trinajstić information content (AvgIpc) is 3.45. The van der Waals surface area contributed by atoms with Crippen molar-refractivity contribution >= 4 is 74.8 Å². The Labute approximate surface area is 259 Å². The molecule has 0 spiro atoms. The van der Waals surface area contributed by atoms with E-state index >= 15 is 0 Å². The van der Waals surface area contributed by atoms with Crippen molar-refractivity contribution in [2.45, 2.75) is 29.5 Å². The monoisotopic (exact) mass is 640 g/mol. The van der Waals surface area contributed by atoms with Gasteiger partial charge in [-0.1, -0.05) is 64.5 Å². The van der Waals surface area contributed by atoms with Crippen LogP contribution in [0.15, 0.2) is 69.5 Å². The number of Topliss-reactive ketones (excluding diaryl/α,β-unsaturated/α-hetero) is 1. The van der Waals surface area contributed by atoms with Gasteiger partial charge in [-0.05, 0) is 42.7 Å². The van der Waals surface area contributed by atoms with Crippen LogP contribution in [-0.2, 0) is 14.3 Å². The number of carbonyl (C=O) groups is 3. The van der Waals surface area contributed by atoms with Crippen molar-refractivity contribution in [3.63, 3.8) is 0 Å². The molecule has 1 aromatic heterocycles. The molecule has 2 aromatic carbocycles. The molecule has 2 heterocycles. The number of esters is 1. The van der Waals surface area contributed by atoms with Gasteiger partial charge in [-0.15, -0.1) is 10.2 Å². The molecule has 10 nitrogen and oxygen atoms in total. The minimum atomic E-state index is -0.692. The molecular weight excluding hydrogens is 619 g/mol. The normalized spacial score (nSPS) is 16.7. The molecule has 0 bridgehead atoms. The second kappa shape index (κ2) is 12.5. The lowest BCUT2D eigenvalue weighted by atomic mass is 9.75. The fraction of sp³-hybridized carbons (Fsp3) is 0.214. The quantitative estimate of drug-likeness (QED) is 0.244. The summed E-state index contributed by atoms with van der Waals surface area (Å²) in [4.78, 5) is 39.4. The molecule has 0 saturated carbocycles. The summed E-state index contributed by atoms with van der Waals surface area (Å²) >= 11 is 14.6. The van der Waals surface area contributed by atoms with E-state index < -0.39 is 11.9 Å². The van der Waals surface area contributed by atoms with Gasteiger partial charge in [0.05, 0.1) is 51.7 Å². The van der Waals surface area contributed by atoms with Gasteiger partial charge in [0, 0.05) is 17.7 Å². The summed E-state index contributed by atoms with van der Waals surface area (Å²) in [6.45, 7) is 0. The highest BCUT2D eigenvalue weighted by molar-refractivity contribution is 8.01. The summed E-state index contributed by atoms with van der Waals surface area (Å²) in [5.74, 6) is -1.44. The predicted octanol–water partition coefficient (Wildman–Crippen LogP) is 5.67. The molecule has 0 radical (unpaired) electrons. The van der Waals surface area contributed by atoms with Gasteiger partial charge in [0.2, 0.25) is 11.0 Å². The van der Waals surface area contributed by atoms with Crippen LogP contribution < -0.4 is 16.0 Å². The average molecular weight is 642 g/mol. The Morgan fingerprint density at radius 3 is 2.57 bits per heavy atom. The van der Waals surface area contributed by atoms with E-state index in [2.05, 4.69) is 21.6 Å². The van der Waals surface area contributed by atoms with Crippen molar-refractivity contribution < 1.29 is 19.1 Å². The number of carbonyl (C=O) groups excluding carboxylic acids is 3. The third kappa shape index (κ3) is 5.73. The summed E-state index contributed by atoms with van der Waals surface area (Å²) in [7, 11) is 1.30. The number of anilines is 2. The first-order valence-electron chi connectivity index (χ1n) is 12.6. The fourth-order valence-electron chi connectivity index (χ4n) is 4.84. The van der Waals surface area contributed by atoms with Crippen LogP contribution in [0.4, 0.5) is 10.8 Å². The van der Waals surface area contributed by atoms with Crippen LogP contribution in [0.1, 0.15) is 41.1 Å². The largest absolute Gasteiger partial charge is 0.465 e. The smallest absolute Gasteiger partial charge is 0.337 e.